The van der Waals surface area contributed by atoms with E-state index in [4.69, 9.17) is 43.1 Å². The van der Waals surface area contributed by atoms with Crippen molar-refractivity contribution in [1.29, 1.82) is 5.26 Å². The molecule has 0 aliphatic carbocycles. The lowest BCUT2D eigenvalue weighted by atomic mass is 9.83. The zero-order chi connectivity index (χ0) is 24.4. The number of aromatic hydroxyl groups is 1. The van der Waals surface area contributed by atoms with Crippen molar-refractivity contribution in [3.05, 3.63) is 90.3 Å². The topological polar surface area (TPSA) is 97.7 Å². The fourth-order valence-corrected chi connectivity index (χ4v) is 4.83. The van der Waals surface area contributed by atoms with E-state index in [9.17, 15) is 10.4 Å². The highest BCUT2D eigenvalue weighted by molar-refractivity contribution is 14.1. The molecule has 0 aromatic heterocycles. The number of allylic oxidation sites excluding steroid dienone is 1. The Hall–Kier alpha value is -2.80. The molecule has 1 atom stereocenters. The van der Waals surface area contributed by atoms with E-state index in [1.165, 1.54) is 6.07 Å². The van der Waals surface area contributed by atoms with Crippen LogP contribution in [0.2, 0.25) is 10.0 Å². The molecule has 6 nitrogen and oxygen atoms in total. The fourth-order valence-electron chi connectivity index (χ4n) is 3.73. The van der Waals surface area contributed by atoms with Gasteiger partial charge in [-0.15, -0.1) is 0 Å². The minimum atomic E-state index is -0.494. The molecular weight excluding hydrogens is 590 g/mol. The third-order valence-corrected chi connectivity index (χ3v) is 6.78. The van der Waals surface area contributed by atoms with Crippen molar-refractivity contribution in [3.8, 4) is 29.1 Å². The van der Waals surface area contributed by atoms with Crippen molar-refractivity contribution in [2.75, 3.05) is 6.61 Å². The van der Waals surface area contributed by atoms with Gasteiger partial charge in [-0.2, -0.15) is 5.26 Å². The van der Waals surface area contributed by atoms with E-state index >= 15 is 0 Å². The van der Waals surface area contributed by atoms with Crippen LogP contribution < -0.4 is 19.9 Å². The minimum absolute atomic E-state index is 0.00138. The number of nitrogens with two attached hydrogens (primary N) is 1. The van der Waals surface area contributed by atoms with Gasteiger partial charge in [0.25, 0.3) is 0 Å². The SMILES string of the molecule is CCOc1cc(C2C(C#N)=C(N)Oc3cc(O)ccc32)cc(I)c1OCc1ccc(Cl)c(Cl)c1. The summed E-state index contributed by atoms with van der Waals surface area (Å²) < 4.78 is 18.4. The van der Waals surface area contributed by atoms with Crippen LogP contribution in [0.5, 0.6) is 23.0 Å². The maximum absolute atomic E-state index is 9.88. The molecule has 3 aromatic rings. The lowest BCUT2D eigenvalue weighted by molar-refractivity contribution is 0.267. The lowest BCUT2D eigenvalue weighted by Crippen LogP contribution is -2.21. The highest BCUT2D eigenvalue weighted by atomic mass is 127. The average Bonchev–Trinajstić information content (AvgIpc) is 2.79. The van der Waals surface area contributed by atoms with Gasteiger partial charge in [0.05, 0.1) is 26.1 Å². The molecule has 3 aromatic carbocycles. The van der Waals surface area contributed by atoms with Gasteiger partial charge in [-0.25, -0.2) is 0 Å². The molecule has 1 aliphatic heterocycles. The Balaban J connectivity index is 1.75. The number of hydrogen-bond donors (Lipinski definition) is 2. The van der Waals surface area contributed by atoms with Crippen LogP contribution in [0.25, 0.3) is 0 Å². The second-order valence-electron chi connectivity index (χ2n) is 7.45. The number of halogens is 3. The highest BCUT2D eigenvalue weighted by Crippen LogP contribution is 2.46. The summed E-state index contributed by atoms with van der Waals surface area (Å²) >= 11 is 14.3. The third-order valence-electron chi connectivity index (χ3n) is 5.23. The average molecular weight is 609 g/mol. The van der Waals surface area contributed by atoms with Gasteiger partial charge in [0.1, 0.15) is 29.7 Å². The zero-order valence-corrected chi connectivity index (χ0v) is 21.6. The second kappa shape index (κ2) is 10.2. The predicted octanol–water partition coefficient (Wildman–Crippen LogP) is 6.50. The molecule has 0 amide bonds. The molecule has 0 radical (unpaired) electrons. The molecule has 0 fully saturated rings. The standard InChI is InChI=1S/C25H19Cl2IN2O4/c1-2-32-22-9-14(8-20(28)24(22)33-12-13-3-6-18(26)19(27)7-13)23-16-5-4-15(31)10-21(16)34-25(30)17(23)11-29/h3-10,23,31H,2,12,30H2,1H3. The van der Waals surface area contributed by atoms with Crippen molar-refractivity contribution >= 4 is 45.8 Å². The zero-order valence-electron chi connectivity index (χ0n) is 17.9. The van der Waals surface area contributed by atoms with Crippen LogP contribution in [0.15, 0.2) is 60.0 Å². The normalized spacial score (nSPS) is 14.7. The Labute approximate surface area is 220 Å². The van der Waals surface area contributed by atoms with E-state index in [0.717, 1.165) is 14.7 Å². The number of benzene rings is 3. The van der Waals surface area contributed by atoms with E-state index in [1.807, 2.05) is 25.1 Å². The maximum Gasteiger partial charge on any atom is 0.205 e. The first-order valence-corrected chi connectivity index (χ1v) is 12.1. The first kappa shape index (κ1) is 24.3. The molecule has 174 valence electrons. The number of phenols is 1. The van der Waals surface area contributed by atoms with Crippen molar-refractivity contribution in [1.82, 2.24) is 0 Å². The molecule has 1 heterocycles. The van der Waals surface area contributed by atoms with Crippen molar-refractivity contribution in [2.45, 2.75) is 19.4 Å². The molecule has 0 saturated heterocycles. The van der Waals surface area contributed by atoms with Gasteiger partial charge >= 0.3 is 0 Å². The van der Waals surface area contributed by atoms with Crippen LogP contribution >= 0.6 is 45.8 Å². The maximum atomic E-state index is 9.88. The van der Waals surface area contributed by atoms with Gasteiger partial charge in [0.15, 0.2) is 11.5 Å². The van der Waals surface area contributed by atoms with Crippen molar-refractivity contribution in [3.63, 3.8) is 0 Å². The number of nitrogens with zero attached hydrogens (tertiary/aromatic N) is 1. The molecule has 34 heavy (non-hydrogen) atoms. The Morgan fingerprint density at radius 3 is 2.62 bits per heavy atom. The quantitative estimate of drug-likeness (QED) is 0.310. The molecule has 1 unspecified atom stereocenters. The third kappa shape index (κ3) is 4.85. The van der Waals surface area contributed by atoms with Crippen molar-refractivity contribution in [2.24, 2.45) is 5.73 Å². The predicted molar refractivity (Wildman–Crippen MR) is 139 cm³/mol. The molecule has 0 bridgehead atoms. The molecule has 9 heteroatoms. The molecule has 4 rings (SSSR count). The number of ether oxygens (including phenoxy) is 3. The number of fused-ring (bicyclic) bond motifs is 1. The lowest BCUT2D eigenvalue weighted by Gasteiger charge is -2.27. The monoisotopic (exact) mass is 608 g/mol. The van der Waals surface area contributed by atoms with E-state index in [1.54, 1.807) is 24.3 Å². The Bertz CT molecular complexity index is 1340. The second-order valence-corrected chi connectivity index (χ2v) is 9.42. The summed E-state index contributed by atoms with van der Waals surface area (Å²) in [7, 11) is 0. The van der Waals surface area contributed by atoms with Gasteiger partial charge in [-0.1, -0.05) is 35.3 Å². The van der Waals surface area contributed by atoms with E-state index in [2.05, 4.69) is 28.7 Å². The number of phenolic OH excluding ortho intramolecular Hbond substituents is 1. The molecular formula is C25H19Cl2IN2O4. The van der Waals surface area contributed by atoms with Crippen molar-refractivity contribution < 1.29 is 19.3 Å². The summed E-state index contributed by atoms with van der Waals surface area (Å²) in [6, 6.07) is 16.0. The molecule has 3 N–H and O–H groups in total. The van der Waals surface area contributed by atoms with Gasteiger partial charge in [-0.05, 0) is 71.0 Å². The van der Waals surface area contributed by atoms with Crippen LogP contribution in [0.3, 0.4) is 0 Å². The molecule has 0 saturated carbocycles. The molecule has 0 spiro atoms. The number of hydrogen-bond acceptors (Lipinski definition) is 6. The van der Waals surface area contributed by atoms with E-state index in [0.29, 0.717) is 39.5 Å². The van der Waals surface area contributed by atoms with Gasteiger partial charge in [0.2, 0.25) is 5.88 Å². The highest BCUT2D eigenvalue weighted by Gasteiger charge is 2.32. The van der Waals surface area contributed by atoms with E-state index in [-0.39, 0.29) is 23.8 Å². The largest absolute Gasteiger partial charge is 0.508 e. The van der Waals surface area contributed by atoms with Crippen LogP contribution in [0.4, 0.5) is 0 Å². The summed E-state index contributed by atoms with van der Waals surface area (Å²) in [5.41, 5.74) is 8.69. The van der Waals surface area contributed by atoms with Crippen LogP contribution in [0, 0.1) is 14.9 Å². The first-order valence-electron chi connectivity index (χ1n) is 10.3. The molecule has 1 aliphatic rings. The number of rotatable bonds is 6. The van der Waals surface area contributed by atoms with Gasteiger partial charge in [0, 0.05) is 11.6 Å². The number of nitriles is 1. The summed E-state index contributed by atoms with van der Waals surface area (Å²) in [5, 5.41) is 20.6. The summed E-state index contributed by atoms with van der Waals surface area (Å²) in [4.78, 5) is 0. The Kier molecular flexibility index (Phi) is 7.31. The van der Waals surface area contributed by atoms with Crippen LogP contribution in [-0.2, 0) is 6.61 Å². The van der Waals surface area contributed by atoms with Gasteiger partial charge in [-0.3, -0.25) is 0 Å². The first-order chi connectivity index (χ1) is 16.3. The summed E-state index contributed by atoms with van der Waals surface area (Å²) in [6.45, 7) is 2.57. The Morgan fingerprint density at radius 1 is 1.12 bits per heavy atom. The smallest absolute Gasteiger partial charge is 0.205 e. The van der Waals surface area contributed by atoms with Gasteiger partial charge < -0.3 is 25.1 Å². The van der Waals surface area contributed by atoms with Crippen LogP contribution in [-0.4, -0.2) is 11.7 Å². The fraction of sp³-hybridized carbons (Fsp3) is 0.160. The summed E-state index contributed by atoms with van der Waals surface area (Å²) in [6.07, 6.45) is 0. The summed E-state index contributed by atoms with van der Waals surface area (Å²) in [5.74, 6) is 1.05. The Morgan fingerprint density at radius 2 is 1.91 bits per heavy atom. The minimum Gasteiger partial charge on any atom is -0.508 e. The van der Waals surface area contributed by atoms with Crippen LogP contribution in [0.1, 0.15) is 29.5 Å². The van der Waals surface area contributed by atoms with E-state index < -0.39 is 5.92 Å².